The first kappa shape index (κ1) is 18.7. The average Bonchev–Trinajstić information content (AvgIpc) is 3.01. The number of rotatable bonds is 4. The standard InChI is InChI=1S/C20H35N3O2/c24-19-9-8-18(11-12-21-19)22-13-4-14-23(16-15-22)20(25)10-7-17-5-2-1-3-6-17/h17-18H,1-16H2,(H,21,24). The highest BCUT2D eigenvalue weighted by molar-refractivity contribution is 5.76. The summed E-state index contributed by atoms with van der Waals surface area (Å²) in [6.45, 7) is 4.59. The minimum absolute atomic E-state index is 0.192. The van der Waals surface area contributed by atoms with Crippen molar-refractivity contribution in [1.82, 2.24) is 15.1 Å². The van der Waals surface area contributed by atoms with E-state index >= 15 is 0 Å². The summed E-state index contributed by atoms with van der Waals surface area (Å²) in [4.78, 5) is 28.8. The van der Waals surface area contributed by atoms with Crippen LogP contribution >= 0.6 is 0 Å². The van der Waals surface area contributed by atoms with Gasteiger partial charge in [-0.1, -0.05) is 32.1 Å². The molecule has 1 N–H and O–H groups in total. The van der Waals surface area contributed by atoms with Crippen molar-refractivity contribution in [3.63, 3.8) is 0 Å². The monoisotopic (exact) mass is 349 g/mol. The van der Waals surface area contributed by atoms with Crippen LogP contribution in [0.5, 0.6) is 0 Å². The maximum atomic E-state index is 12.6. The smallest absolute Gasteiger partial charge is 0.222 e. The van der Waals surface area contributed by atoms with Gasteiger partial charge in [0.2, 0.25) is 11.8 Å². The first-order chi connectivity index (χ1) is 12.2. The third kappa shape index (κ3) is 5.70. The fourth-order valence-electron chi connectivity index (χ4n) is 4.79. The lowest BCUT2D eigenvalue weighted by Gasteiger charge is -2.29. The second-order valence-corrected chi connectivity index (χ2v) is 8.14. The van der Waals surface area contributed by atoms with Crippen LogP contribution in [0.15, 0.2) is 0 Å². The van der Waals surface area contributed by atoms with Crippen LogP contribution in [0, 0.1) is 5.92 Å². The third-order valence-electron chi connectivity index (χ3n) is 6.40. The first-order valence-corrected chi connectivity index (χ1v) is 10.5. The number of carbonyl (C=O) groups excluding carboxylic acids is 2. The quantitative estimate of drug-likeness (QED) is 0.849. The molecule has 3 fully saturated rings. The van der Waals surface area contributed by atoms with Crippen molar-refractivity contribution in [2.45, 2.75) is 76.7 Å². The van der Waals surface area contributed by atoms with Crippen LogP contribution in [-0.4, -0.2) is 60.4 Å². The summed E-state index contributed by atoms with van der Waals surface area (Å²) in [6.07, 6.45) is 12.3. The lowest BCUT2D eigenvalue weighted by molar-refractivity contribution is -0.131. The first-order valence-electron chi connectivity index (χ1n) is 10.5. The molecular weight excluding hydrogens is 314 g/mol. The van der Waals surface area contributed by atoms with Gasteiger partial charge in [-0.05, 0) is 31.6 Å². The highest BCUT2D eigenvalue weighted by atomic mass is 16.2. The van der Waals surface area contributed by atoms with Crippen LogP contribution in [0.3, 0.4) is 0 Å². The summed E-state index contributed by atoms with van der Waals surface area (Å²) in [5.74, 6) is 1.35. The third-order valence-corrected chi connectivity index (χ3v) is 6.40. The molecule has 0 aromatic carbocycles. The van der Waals surface area contributed by atoms with Gasteiger partial charge in [-0.25, -0.2) is 0 Å². The van der Waals surface area contributed by atoms with E-state index in [1.165, 1.54) is 32.1 Å². The summed E-state index contributed by atoms with van der Waals surface area (Å²) in [5, 5.41) is 2.97. The van der Waals surface area contributed by atoms with Crippen LogP contribution < -0.4 is 5.32 Å². The van der Waals surface area contributed by atoms with Gasteiger partial charge in [0.15, 0.2) is 0 Å². The van der Waals surface area contributed by atoms with Crippen LogP contribution in [-0.2, 0) is 9.59 Å². The van der Waals surface area contributed by atoms with Crippen molar-refractivity contribution in [2.75, 3.05) is 32.7 Å². The largest absolute Gasteiger partial charge is 0.356 e. The molecule has 3 rings (SSSR count). The Kier molecular flexibility index (Phi) is 7.14. The van der Waals surface area contributed by atoms with E-state index in [-0.39, 0.29) is 5.91 Å². The van der Waals surface area contributed by atoms with Crippen molar-refractivity contribution >= 4 is 11.8 Å². The molecule has 1 saturated carbocycles. The summed E-state index contributed by atoms with van der Waals surface area (Å²) in [6, 6.07) is 0.497. The zero-order valence-electron chi connectivity index (χ0n) is 15.7. The van der Waals surface area contributed by atoms with Crippen molar-refractivity contribution in [3.8, 4) is 0 Å². The normalized spacial score (nSPS) is 27.4. The van der Waals surface area contributed by atoms with Gasteiger partial charge in [0, 0.05) is 51.6 Å². The Bertz CT molecular complexity index is 448. The number of hydrogen-bond donors (Lipinski definition) is 1. The Morgan fingerprint density at radius 3 is 2.64 bits per heavy atom. The van der Waals surface area contributed by atoms with Crippen molar-refractivity contribution in [1.29, 1.82) is 0 Å². The summed E-state index contributed by atoms with van der Waals surface area (Å²) >= 11 is 0. The fourth-order valence-corrected chi connectivity index (χ4v) is 4.79. The number of carbonyl (C=O) groups is 2. The van der Waals surface area contributed by atoms with Gasteiger partial charge in [-0.2, -0.15) is 0 Å². The summed E-state index contributed by atoms with van der Waals surface area (Å²) in [5.41, 5.74) is 0. The Labute approximate surface area is 152 Å². The molecule has 0 spiro atoms. The minimum atomic E-state index is 0.192. The average molecular weight is 350 g/mol. The van der Waals surface area contributed by atoms with Gasteiger partial charge < -0.3 is 10.2 Å². The molecule has 2 amide bonds. The zero-order chi connectivity index (χ0) is 17.5. The highest BCUT2D eigenvalue weighted by Gasteiger charge is 2.26. The molecule has 1 aliphatic carbocycles. The Morgan fingerprint density at radius 1 is 0.960 bits per heavy atom. The molecular formula is C20H35N3O2. The van der Waals surface area contributed by atoms with Crippen LogP contribution in [0.2, 0.25) is 0 Å². The molecule has 3 aliphatic rings. The van der Waals surface area contributed by atoms with E-state index in [9.17, 15) is 9.59 Å². The van der Waals surface area contributed by atoms with Gasteiger partial charge >= 0.3 is 0 Å². The number of nitrogens with zero attached hydrogens (tertiary/aromatic N) is 2. The highest BCUT2D eigenvalue weighted by Crippen LogP contribution is 2.27. The molecule has 25 heavy (non-hydrogen) atoms. The van der Waals surface area contributed by atoms with E-state index in [1.807, 2.05) is 0 Å². The molecule has 0 aromatic rings. The van der Waals surface area contributed by atoms with Crippen LogP contribution in [0.1, 0.15) is 70.6 Å². The predicted molar refractivity (Wildman–Crippen MR) is 99.2 cm³/mol. The van der Waals surface area contributed by atoms with Gasteiger partial charge in [0.1, 0.15) is 0 Å². The molecule has 1 unspecified atom stereocenters. The molecule has 0 bridgehead atoms. The van der Waals surface area contributed by atoms with E-state index in [2.05, 4.69) is 15.1 Å². The molecule has 142 valence electrons. The molecule has 0 radical (unpaired) electrons. The van der Waals surface area contributed by atoms with E-state index in [1.54, 1.807) is 0 Å². The van der Waals surface area contributed by atoms with E-state index < -0.39 is 0 Å². The Morgan fingerprint density at radius 2 is 1.80 bits per heavy atom. The van der Waals surface area contributed by atoms with E-state index in [0.717, 1.165) is 70.7 Å². The molecule has 5 nitrogen and oxygen atoms in total. The topological polar surface area (TPSA) is 52.7 Å². The maximum absolute atomic E-state index is 12.6. The second kappa shape index (κ2) is 9.56. The van der Waals surface area contributed by atoms with E-state index in [4.69, 9.17) is 0 Å². The summed E-state index contributed by atoms with van der Waals surface area (Å²) in [7, 11) is 0. The molecule has 0 aromatic heterocycles. The van der Waals surface area contributed by atoms with E-state index in [0.29, 0.717) is 18.4 Å². The molecule has 2 saturated heterocycles. The van der Waals surface area contributed by atoms with Crippen molar-refractivity contribution in [3.05, 3.63) is 0 Å². The summed E-state index contributed by atoms with van der Waals surface area (Å²) < 4.78 is 0. The van der Waals surface area contributed by atoms with Gasteiger partial charge in [0.25, 0.3) is 0 Å². The number of nitrogens with one attached hydrogen (secondary N) is 1. The molecule has 2 heterocycles. The lowest BCUT2D eigenvalue weighted by Crippen LogP contribution is -2.40. The zero-order valence-corrected chi connectivity index (χ0v) is 15.7. The van der Waals surface area contributed by atoms with Crippen LogP contribution in [0.4, 0.5) is 0 Å². The SMILES string of the molecule is O=C1CCC(N2CCCN(C(=O)CCC3CCCCC3)CC2)CCN1. The lowest BCUT2D eigenvalue weighted by atomic mass is 9.86. The molecule has 1 atom stereocenters. The predicted octanol–water partition coefficient (Wildman–Crippen LogP) is 2.55. The number of hydrogen-bond acceptors (Lipinski definition) is 3. The van der Waals surface area contributed by atoms with Crippen molar-refractivity contribution in [2.24, 2.45) is 5.92 Å². The Balaban J connectivity index is 1.42. The van der Waals surface area contributed by atoms with Crippen LogP contribution in [0.25, 0.3) is 0 Å². The van der Waals surface area contributed by atoms with Crippen molar-refractivity contribution < 1.29 is 9.59 Å². The Hall–Kier alpha value is -1.10. The molecule has 5 heteroatoms. The maximum Gasteiger partial charge on any atom is 0.222 e. The van der Waals surface area contributed by atoms with Gasteiger partial charge in [0.05, 0.1) is 0 Å². The minimum Gasteiger partial charge on any atom is -0.356 e. The molecule has 2 aliphatic heterocycles. The van der Waals surface area contributed by atoms with Gasteiger partial charge in [-0.3, -0.25) is 14.5 Å². The fraction of sp³-hybridized carbons (Fsp3) is 0.900. The second-order valence-electron chi connectivity index (χ2n) is 8.14. The van der Waals surface area contributed by atoms with Gasteiger partial charge in [-0.15, -0.1) is 0 Å². The number of amides is 2.